The Morgan fingerprint density at radius 3 is 2.39 bits per heavy atom. The lowest BCUT2D eigenvalue weighted by molar-refractivity contribution is -0.117. The first-order valence-electron chi connectivity index (χ1n) is 6.69. The Labute approximate surface area is 110 Å². The Hall–Kier alpha value is -1.38. The van der Waals surface area contributed by atoms with Crippen molar-refractivity contribution in [3.63, 3.8) is 0 Å². The van der Waals surface area contributed by atoms with E-state index in [0.29, 0.717) is 6.54 Å². The summed E-state index contributed by atoms with van der Waals surface area (Å²) >= 11 is 0. The standard InChI is InChI=1S/C15H25NO2/c1-4-13(2)9-7-5-6-8-12-16-15(18)11-10-14(3)17/h10-11H,2,4-9,12H2,1,3H3,(H,16,18). The molecule has 3 nitrogen and oxygen atoms in total. The molecular weight excluding hydrogens is 226 g/mol. The number of nitrogens with one attached hydrogen (secondary N) is 1. The van der Waals surface area contributed by atoms with E-state index in [9.17, 15) is 9.59 Å². The van der Waals surface area contributed by atoms with Crippen LogP contribution in [0.15, 0.2) is 24.3 Å². The van der Waals surface area contributed by atoms with Gasteiger partial charge in [0.25, 0.3) is 0 Å². The van der Waals surface area contributed by atoms with E-state index in [0.717, 1.165) is 25.7 Å². The Bertz CT molecular complexity index is 306. The van der Waals surface area contributed by atoms with Gasteiger partial charge >= 0.3 is 0 Å². The zero-order valence-electron chi connectivity index (χ0n) is 11.6. The number of rotatable bonds is 10. The molecule has 102 valence electrons. The minimum absolute atomic E-state index is 0.110. The molecule has 0 fully saturated rings. The molecule has 0 heterocycles. The van der Waals surface area contributed by atoms with Crippen molar-refractivity contribution >= 4 is 11.7 Å². The molecule has 0 saturated carbocycles. The number of allylic oxidation sites excluding steroid dienone is 2. The summed E-state index contributed by atoms with van der Waals surface area (Å²) in [7, 11) is 0. The number of amides is 1. The maximum absolute atomic E-state index is 11.2. The third-order valence-corrected chi connectivity index (χ3v) is 2.73. The van der Waals surface area contributed by atoms with Crippen LogP contribution in [-0.4, -0.2) is 18.2 Å². The molecule has 0 unspecified atom stereocenters. The molecule has 0 aliphatic heterocycles. The second kappa shape index (κ2) is 10.8. The van der Waals surface area contributed by atoms with Crippen LogP contribution in [0.1, 0.15) is 52.4 Å². The number of unbranched alkanes of at least 4 members (excludes halogenated alkanes) is 3. The fourth-order valence-corrected chi connectivity index (χ4v) is 1.49. The number of carbonyl (C=O) groups is 2. The highest BCUT2D eigenvalue weighted by Crippen LogP contribution is 2.10. The van der Waals surface area contributed by atoms with E-state index < -0.39 is 0 Å². The molecule has 1 amide bonds. The van der Waals surface area contributed by atoms with Crippen molar-refractivity contribution in [1.82, 2.24) is 5.32 Å². The molecule has 0 spiro atoms. The first-order chi connectivity index (χ1) is 8.56. The van der Waals surface area contributed by atoms with Gasteiger partial charge in [-0.25, -0.2) is 0 Å². The fourth-order valence-electron chi connectivity index (χ4n) is 1.49. The van der Waals surface area contributed by atoms with Crippen LogP contribution in [0.3, 0.4) is 0 Å². The molecule has 0 radical (unpaired) electrons. The largest absolute Gasteiger partial charge is 0.353 e. The summed E-state index contributed by atoms with van der Waals surface area (Å²) in [6, 6.07) is 0. The highest BCUT2D eigenvalue weighted by molar-refractivity contribution is 5.96. The highest BCUT2D eigenvalue weighted by Gasteiger charge is 1.96. The highest BCUT2D eigenvalue weighted by atomic mass is 16.1. The lowest BCUT2D eigenvalue weighted by atomic mass is 10.1. The van der Waals surface area contributed by atoms with E-state index in [2.05, 4.69) is 18.8 Å². The van der Waals surface area contributed by atoms with Crippen LogP contribution < -0.4 is 5.32 Å². The topological polar surface area (TPSA) is 46.2 Å². The van der Waals surface area contributed by atoms with Gasteiger partial charge in [-0.3, -0.25) is 9.59 Å². The van der Waals surface area contributed by atoms with E-state index in [1.807, 2.05) is 0 Å². The van der Waals surface area contributed by atoms with Crippen molar-refractivity contribution in [2.24, 2.45) is 0 Å². The molecule has 0 aliphatic carbocycles. The second-order valence-corrected chi connectivity index (χ2v) is 4.50. The first kappa shape index (κ1) is 16.6. The third kappa shape index (κ3) is 11.1. The predicted molar refractivity (Wildman–Crippen MR) is 75.3 cm³/mol. The summed E-state index contributed by atoms with van der Waals surface area (Å²) in [6.07, 6.45) is 9.22. The van der Waals surface area contributed by atoms with Gasteiger partial charge in [0.05, 0.1) is 0 Å². The lowest BCUT2D eigenvalue weighted by Gasteiger charge is -2.03. The summed E-state index contributed by atoms with van der Waals surface area (Å²) < 4.78 is 0. The average molecular weight is 251 g/mol. The summed E-state index contributed by atoms with van der Waals surface area (Å²) in [5.74, 6) is -0.300. The van der Waals surface area contributed by atoms with Gasteiger partial charge in [-0.1, -0.05) is 31.9 Å². The number of carbonyl (C=O) groups excluding carboxylic acids is 2. The zero-order chi connectivity index (χ0) is 13.8. The number of hydrogen-bond donors (Lipinski definition) is 1. The Balaban J connectivity index is 3.38. The molecule has 0 bridgehead atoms. The van der Waals surface area contributed by atoms with Crippen molar-refractivity contribution < 1.29 is 9.59 Å². The molecule has 3 heteroatoms. The van der Waals surface area contributed by atoms with Crippen LogP contribution in [0.4, 0.5) is 0 Å². The molecule has 18 heavy (non-hydrogen) atoms. The molecule has 0 aromatic heterocycles. The van der Waals surface area contributed by atoms with E-state index in [1.54, 1.807) is 0 Å². The minimum atomic E-state index is -0.190. The smallest absolute Gasteiger partial charge is 0.244 e. The van der Waals surface area contributed by atoms with E-state index >= 15 is 0 Å². The van der Waals surface area contributed by atoms with Gasteiger partial charge < -0.3 is 5.32 Å². The van der Waals surface area contributed by atoms with Gasteiger partial charge in [0.1, 0.15) is 0 Å². The maximum Gasteiger partial charge on any atom is 0.244 e. The SMILES string of the molecule is C=C(CC)CCCCCCNC(=O)C=CC(C)=O. The monoisotopic (exact) mass is 251 g/mol. The van der Waals surface area contributed by atoms with Gasteiger partial charge in [-0.05, 0) is 38.7 Å². The summed E-state index contributed by atoms with van der Waals surface area (Å²) in [6.45, 7) is 8.21. The van der Waals surface area contributed by atoms with Crippen molar-refractivity contribution in [2.75, 3.05) is 6.54 Å². The predicted octanol–water partition coefficient (Wildman–Crippen LogP) is 3.16. The van der Waals surface area contributed by atoms with Crippen molar-refractivity contribution in [3.8, 4) is 0 Å². The van der Waals surface area contributed by atoms with Gasteiger partial charge in [-0.2, -0.15) is 0 Å². The summed E-state index contributed by atoms with van der Waals surface area (Å²) in [4.78, 5) is 21.8. The molecule has 0 atom stereocenters. The van der Waals surface area contributed by atoms with Crippen LogP contribution >= 0.6 is 0 Å². The molecule has 0 saturated heterocycles. The summed E-state index contributed by atoms with van der Waals surface area (Å²) in [5.41, 5.74) is 1.32. The molecule has 1 N–H and O–H groups in total. The Morgan fingerprint density at radius 2 is 1.78 bits per heavy atom. The Kier molecular flexibility index (Phi) is 9.93. The minimum Gasteiger partial charge on any atom is -0.353 e. The molecule has 0 rings (SSSR count). The van der Waals surface area contributed by atoms with Crippen molar-refractivity contribution in [1.29, 1.82) is 0 Å². The number of hydrogen-bond acceptors (Lipinski definition) is 2. The molecule has 0 aliphatic rings. The van der Waals surface area contributed by atoms with E-state index in [-0.39, 0.29) is 11.7 Å². The quantitative estimate of drug-likeness (QED) is 0.368. The van der Waals surface area contributed by atoms with Gasteiger partial charge in [0.15, 0.2) is 5.78 Å². The molecular formula is C15H25NO2. The van der Waals surface area contributed by atoms with E-state index in [1.165, 1.54) is 37.5 Å². The van der Waals surface area contributed by atoms with Gasteiger partial charge in [0, 0.05) is 12.6 Å². The third-order valence-electron chi connectivity index (χ3n) is 2.73. The van der Waals surface area contributed by atoms with Gasteiger partial charge in [0.2, 0.25) is 5.91 Å². The Morgan fingerprint density at radius 1 is 1.11 bits per heavy atom. The van der Waals surface area contributed by atoms with Crippen molar-refractivity contribution in [2.45, 2.75) is 52.4 Å². The average Bonchev–Trinajstić information content (AvgIpc) is 2.34. The fraction of sp³-hybridized carbons (Fsp3) is 0.600. The maximum atomic E-state index is 11.2. The summed E-state index contributed by atoms with van der Waals surface area (Å²) in [5, 5.41) is 2.75. The van der Waals surface area contributed by atoms with Crippen LogP contribution in [-0.2, 0) is 9.59 Å². The molecule has 0 aromatic rings. The van der Waals surface area contributed by atoms with Gasteiger partial charge in [-0.15, -0.1) is 0 Å². The first-order valence-corrected chi connectivity index (χ1v) is 6.69. The number of ketones is 1. The zero-order valence-corrected chi connectivity index (χ0v) is 11.6. The second-order valence-electron chi connectivity index (χ2n) is 4.50. The van der Waals surface area contributed by atoms with Crippen molar-refractivity contribution in [3.05, 3.63) is 24.3 Å². The normalized spacial score (nSPS) is 10.6. The van der Waals surface area contributed by atoms with E-state index in [4.69, 9.17) is 0 Å². The van der Waals surface area contributed by atoms with Crippen LogP contribution in [0, 0.1) is 0 Å². The van der Waals surface area contributed by atoms with Crippen LogP contribution in [0.2, 0.25) is 0 Å². The molecule has 0 aromatic carbocycles. The lowest BCUT2D eigenvalue weighted by Crippen LogP contribution is -2.22. The van der Waals surface area contributed by atoms with Crippen LogP contribution in [0.5, 0.6) is 0 Å². The van der Waals surface area contributed by atoms with Crippen LogP contribution in [0.25, 0.3) is 0 Å².